The molecule has 2 rings (SSSR count). The molecule has 0 aliphatic carbocycles. The van der Waals surface area contributed by atoms with E-state index < -0.39 is 0 Å². The van der Waals surface area contributed by atoms with Crippen molar-refractivity contribution in [2.24, 2.45) is 22.7 Å². The molecule has 2 saturated heterocycles. The van der Waals surface area contributed by atoms with Crippen LogP contribution < -0.4 is 0 Å². The van der Waals surface area contributed by atoms with E-state index in [0.29, 0.717) is 10.8 Å². The van der Waals surface area contributed by atoms with Crippen LogP contribution >= 0.6 is 0 Å². The minimum atomic E-state index is 0.353. The Kier molecular flexibility index (Phi) is 3.84. The van der Waals surface area contributed by atoms with E-state index in [4.69, 9.17) is 9.47 Å². The fraction of sp³-hybridized carbons (Fsp3) is 1.00. The van der Waals surface area contributed by atoms with E-state index in [1.54, 1.807) is 0 Å². The largest absolute Gasteiger partial charge is 0.381 e. The third-order valence-electron chi connectivity index (χ3n) is 5.52. The molecule has 2 unspecified atom stereocenters. The first-order chi connectivity index (χ1) is 7.93. The summed E-state index contributed by atoms with van der Waals surface area (Å²) in [5.74, 6) is 1.49. The predicted octanol–water partition coefficient (Wildman–Crippen LogP) is 3.50. The zero-order chi connectivity index (χ0) is 12.5. The molecule has 2 heteroatoms. The standard InChI is InChI=1S/C15H28O2/c1-14(2,9-12-5-7-16-10-12)15(3,4)13-6-8-17-11-13/h12-13H,5-11H2,1-4H3. The van der Waals surface area contributed by atoms with Crippen molar-refractivity contribution < 1.29 is 9.47 Å². The fourth-order valence-electron chi connectivity index (χ4n) is 3.39. The van der Waals surface area contributed by atoms with Crippen LogP contribution in [-0.2, 0) is 9.47 Å². The molecule has 2 aliphatic heterocycles. The molecule has 2 fully saturated rings. The third kappa shape index (κ3) is 2.68. The van der Waals surface area contributed by atoms with Gasteiger partial charge in [-0.1, -0.05) is 27.7 Å². The van der Waals surface area contributed by atoms with E-state index >= 15 is 0 Å². The molecule has 0 aromatic carbocycles. The molecule has 2 nitrogen and oxygen atoms in total. The van der Waals surface area contributed by atoms with Crippen LogP contribution in [0, 0.1) is 22.7 Å². The normalized spacial score (nSPS) is 31.1. The molecule has 17 heavy (non-hydrogen) atoms. The van der Waals surface area contributed by atoms with E-state index in [1.807, 2.05) is 0 Å². The summed E-state index contributed by atoms with van der Waals surface area (Å²) in [6.07, 6.45) is 3.77. The van der Waals surface area contributed by atoms with Crippen molar-refractivity contribution in [1.29, 1.82) is 0 Å². The maximum Gasteiger partial charge on any atom is 0.0500 e. The van der Waals surface area contributed by atoms with Crippen molar-refractivity contribution in [3.63, 3.8) is 0 Å². The molecule has 0 radical (unpaired) electrons. The van der Waals surface area contributed by atoms with Crippen LogP contribution in [0.4, 0.5) is 0 Å². The van der Waals surface area contributed by atoms with E-state index in [-0.39, 0.29) is 0 Å². The van der Waals surface area contributed by atoms with E-state index in [0.717, 1.165) is 38.3 Å². The molecule has 0 saturated carbocycles. The Morgan fingerprint density at radius 3 is 2.12 bits per heavy atom. The summed E-state index contributed by atoms with van der Waals surface area (Å²) in [6, 6.07) is 0. The van der Waals surface area contributed by atoms with Crippen molar-refractivity contribution in [2.45, 2.75) is 47.0 Å². The van der Waals surface area contributed by atoms with Crippen LogP contribution in [-0.4, -0.2) is 26.4 Å². The lowest BCUT2D eigenvalue weighted by Gasteiger charge is -2.47. The van der Waals surface area contributed by atoms with Crippen molar-refractivity contribution in [3.8, 4) is 0 Å². The second kappa shape index (κ2) is 4.89. The van der Waals surface area contributed by atoms with E-state index in [1.165, 1.54) is 19.3 Å². The highest BCUT2D eigenvalue weighted by Crippen LogP contribution is 2.51. The Hall–Kier alpha value is -0.0800. The van der Waals surface area contributed by atoms with Gasteiger partial charge in [-0.3, -0.25) is 0 Å². The van der Waals surface area contributed by atoms with Gasteiger partial charge in [-0.05, 0) is 41.9 Å². The lowest BCUT2D eigenvalue weighted by molar-refractivity contribution is 0.0107. The molecule has 100 valence electrons. The van der Waals surface area contributed by atoms with Gasteiger partial charge in [0.2, 0.25) is 0 Å². The summed E-state index contributed by atoms with van der Waals surface area (Å²) in [6.45, 7) is 13.6. The molecule has 2 aliphatic rings. The minimum absolute atomic E-state index is 0.353. The molecule has 2 heterocycles. The van der Waals surface area contributed by atoms with Crippen LogP contribution in [0.25, 0.3) is 0 Å². The molecule has 0 bridgehead atoms. The highest BCUT2D eigenvalue weighted by molar-refractivity contribution is 4.94. The lowest BCUT2D eigenvalue weighted by atomic mass is 9.58. The quantitative estimate of drug-likeness (QED) is 0.748. The third-order valence-corrected chi connectivity index (χ3v) is 5.52. The van der Waals surface area contributed by atoms with Gasteiger partial charge in [0, 0.05) is 26.4 Å². The summed E-state index contributed by atoms with van der Waals surface area (Å²) < 4.78 is 11.1. The van der Waals surface area contributed by atoms with Gasteiger partial charge in [-0.15, -0.1) is 0 Å². The topological polar surface area (TPSA) is 18.5 Å². The maximum atomic E-state index is 5.58. The summed E-state index contributed by atoms with van der Waals surface area (Å²) in [5, 5.41) is 0. The molecular weight excluding hydrogens is 212 g/mol. The maximum absolute atomic E-state index is 5.58. The van der Waals surface area contributed by atoms with Gasteiger partial charge in [-0.25, -0.2) is 0 Å². The lowest BCUT2D eigenvalue weighted by Crippen LogP contribution is -2.40. The smallest absolute Gasteiger partial charge is 0.0500 e. The molecule has 2 atom stereocenters. The SMILES string of the molecule is CC(C)(CC1CCOC1)C(C)(C)C1CCOC1. The average Bonchev–Trinajstić information content (AvgIpc) is 2.87. The monoisotopic (exact) mass is 240 g/mol. The molecule has 0 spiro atoms. The van der Waals surface area contributed by atoms with E-state index in [2.05, 4.69) is 27.7 Å². The van der Waals surface area contributed by atoms with Gasteiger partial charge in [0.15, 0.2) is 0 Å². The molecule has 0 amide bonds. The van der Waals surface area contributed by atoms with Crippen LogP contribution in [0.3, 0.4) is 0 Å². The first-order valence-corrected chi connectivity index (χ1v) is 7.09. The van der Waals surface area contributed by atoms with Crippen molar-refractivity contribution >= 4 is 0 Å². The van der Waals surface area contributed by atoms with Gasteiger partial charge >= 0.3 is 0 Å². The van der Waals surface area contributed by atoms with Crippen LogP contribution in [0.15, 0.2) is 0 Å². The fourth-order valence-corrected chi connectivity index (χ4v) is 3.39. The number of rotatable bonds is 4. The first-order valence-electron chi connectivity index (χ1n) is 7.09. The Labute approximate surface area is 106 Å². The molecular formula is C15H28O2. The molecule has 0 aromatic rings. The number of hydrogen-bond donors (Lipinski definition) is 0. The summed E-state index contributed by atoms with van der Waals surface area (Å²) in [7, 11) is 0. The van der Waals surface area contributed by atoms with Crippen molar-refractivity contribution in [1.82, 2.24) is 0 Å². The highest BCUT2D eigenvalue weighted by atomic mass is 16.5. The van der Waals surface area contributed by atoms with Gasteiger partial charge in [0.1, 0.15) is 0 Å². The minimum Gasteiger partial charge on any atom is -0.381 e. The number of hydrogen-bond acceptors (Lipinski definition) is 2. The van der Waals surface area contributed by atoms with Crippen molar-refractivity contribution in [3.05, 3.63) is 0 Å². The zero-order valence-corrected chi connectivity index (χ0v) is 11.9. The van der Waals surface area contributed by atoms with Gasteiger partial charge in [0.25, 0.3) is 0 Å². The summed E-state index contributed by atoms with van der Waals surface area (Å²) in [4.78, 5) is 0. The van der Waals surface area contributed by atoms with Crippen LogP contribution in [0.1, 0.15) is 47.0 Å². The second-order valence-corrected chi connectivity index (χ2v) is 7.10. The zero-order valence-electron chi connectivity index (χ0n) is 11.9. The highest BCUT2D eigenvalue weighted by Gasteiger charge is 2.45. The van der Waals surface area contributed by atoms with E-state index in [9.17, 15) is 0 Å². The average molecular weight is 240 g/mol. The van der Waals surface area contributed by atoms with Gasteiger partial charge < -0.3 is 9.47 Å². The molecule has 0 N–H and O–H groups in total. The molecule has 0 aromatic heterocycles. The first kappa shape index (κ1) is 13.4. The Morgan fingerprint density at radius 2 is 1.59 bits per heavy atom. The van der Waals surface area contributed by atoms with Gasteiger partial charge in [0.05, 0.1) is 0 Å². The Morgan fingerprint density at radius 1 is 0.941 bits per heavy atom. The Bertz CT molecular complexity index is 246. The van der Waals surface area contributed by atoms with Gasteiger partial charge in [-0.2, -0.15) is 0 Å². The predicted molar refractivity (Wildman–Crippen MR) is 70.0 cm³/mol. The van der Waals surface area contributed by atoms with Crippen LogP contribution in [0.5, 0.6) is 0 Å². The summed E-state index contributed by atoms with van der Waals surface area (Å²) in [5.41, 5.74) is 0.718. The Balaban J connectivity index is 2.00. The second-order valence-electron chi connectivity index (χ2n) is 7.10. The van der Waals surface area contributed by atoms with Crippen LogP contribution in [0.2, 0.25) is 0 Å². The van der Waals surface area contributed by atoms with Crippen molar-refractivity contribution in [2.75, 3.05) is 26.4 Å². The number of ether oxygens (including phenoxy) is 2. The summed E-state index contributed by atoms with van der Waals surface area (Å²) >= 11 is 0.